The number of aryl methyl sites for hydroxylation is 1. The summed E-state index contributed by atoms with van der Waals surface area (Å²) in [5, 5.41) is 10.1. The summed E-state index contributed by atoms with van der Waals surface area (Å²) in [7, 11) is 0. The van der Waals surface area contributed by atoms with Crippen LogP contribution < -0.4 is 0 Å². The number of fused-ring (bicyclic) bond motifs is 1. The zero-order valence-electron chi connectivity index (χ0n) is 6.87. The van der Waals surface area contributed by atoms with Crippen LogP contribution in [0.1, 0.15) is 12.7 Å². The van der Waals surface area contributed by atoms with E-state index in [0.29, 0.717) is 0 Å². The van der Waals surface area contributed by atoms with Gasteiger partial charge in [0, 0.05) is 11.8 Å². The second-order valence-electron chi connectivity index (χ2n) is 2.79. The molecule has 0 bridgehead atoms. The largest absolute Gasteiger partial charge is 0.508 e. The monoisotopic (exact) mass is 162 g/mol. The Morgan fingerprint density at radius 1 is 1.33 bits per heavy atom. The summed E-state index contributed by atoms with van der Waals surface area (Å²) >= 11 is 0. The molecule has 2 rings (SSSR count). The molecule has 12 heavy (non-hydrogen) atoms. The fourth-order valence-corrected chi connectivity index (χ4v) is 1.26. The van der Waals surface area contributed by atoms with Gasteiger partial charge in [-0.3, -0.25) is 0 Å². The van der Waals surface area contributed by atoms with Crippen LogP contribution >= 0.6 is 0 Å². The second-order valence-corrected chi connectivity index (χ2v) is 2.79. The van der Waals surface area contributed by atoms with Gasteiger partial charge in [-0.1, -0.05) is 6.92 Å². The maximum atomic E-state index is 9.17. The van der Waals surface area contributed by atoms with Crippen LogP contribution in [0.5, 0.6) is 5.75 Å². The summed E-state index contributed by atoms with van der Waals surface area (Å²) < 4.78 is 5.46. The van der Waals surface area contributed by atoms with Gasteiger partial charge < -0.3 is 9.52 Å². The van der Waals surface area contributed by atoms with Crippen LogP contribution in [0.4, 0.5) is 0 Å². The van der Waals surface area contributed by atoms with Gasteiger partial charge in [0.25, 0.3) is 0 Å². The number of phenols is 1. The van der Waals surface area contributed by atoms with Gasteiger partial charge in [0.1, 0.15) is 17.1 Å². The average molecular weight is 162 g/mol. The number of phenolic OH excluding ortho intramolecular Hbond substituents is 1. The van der Waals surface area contributed by atoms with Gasteiger partial charge in [-0.2, -0.15) is 0 Å². The zero-order valence-corrected chi connectivity index (χ0v) is 6.87. The van der Waals surface area contributed by atoms with E-state index in [2.05, 4.69) is 0 Å². The molecule has 0 unspecified atom stereocenters. The molecular formula is C10H10O2. The number of rotatable bonds is 1. The first-order valence-corrected chi connectivity index (χ1v) is 4.01. The van der Waals surface area contributed by atoms with Crippen molar-refractivity contribution in [3.8, 4) is 5.75 Å². The van der Waals surface area contributed by atoms with Crippen molar-refractivity contribution in [1.29, 1.82) is 0 Å². The highest BCUT2D eigenvalue weighted by molar-refractivity contribution is 5.79. The Morgan fingerprint density at radius 2 is 2.17 bits per heavy atom. The van der Waals surface area contributed by atoms with E-state index in [1.165, 1.54) is 0 Å². The lowest BCUT2D eigenvalue weighted by molar-refractivity contribution is 0.475. The molecule has 1 aromatic heterocycles. The van der Waals surface area contributed by atoms with E-state index < -0.39 is 0 Å². The summed E-state index contributed by atoms with van der Waals surface area (Å²) in [5.74, 6) is 1.24. The first kappa shape index (κ1) is 7.22. The van der Waals surface area contributed by atoms with E-state index in [1.807, 2.05) is 13.0 Å². The fourth-order valence-electron chi connectivity index (χ4n) is 1.26. The van der Waals surface area contributed by atoms with E-state index in [9.17, 15) is 5.11 Å². The Kier molecular flexibility index (Phi) is 1.54. The number of benzene rings is 1. The molecule has 1 N–H and O–H groups in total. The lowest BCUT2D eigenvalue weighted by atomic mass is 10.2. The fraction of sp³-hybridized carbons (Fsp3) is 0.200. The molecule has 0 aliphatic carbocycles. The minimum absolute atomic E-state index is 0.283. The van der Waals surface area contributed by atoms with Crippen molar-refractivity contribution < 1.29 is 9.52 Å². The summed E-state index contributed by atoms with van der Waals surface area (Å²) in [4.78, 5) is 0. The summed E-state index contributed by atoms with van der Waals surface area (Å²) in [6.45, 7) is 2.04. The van der Waals surface area contributed by atoms with Crippen molar-refractivity contribution in [2.24, 2.45) is 0 Å². The third kappa shape index (κ3) is 1.05. The van der Waals surface area contributed by atoms with Crippen LogP contribution in [0.3, 0.4) is 0 Å². The standard InChI is InChI=1S/C10H10O2/c1-2-9-6-7-5-8(11)3-4-10(7)12-9/h3-6,11H,2H2,1H3. The predicted molar refractivity (Wildman–Crippen MR) is 47.3 cm³/mol. The quantitative estimate of drug-likeness (QED) is 0.699. The van der Waals surface area contributed by atoms with Crippen LogP contribution in [0.2, 0.25) is 0 Å². The van der Waals surface area contributed by atoms with Crippen LogP contribution in [0.25, 0.3) is 11.0 Å². The molecule has 0 radical (unpaired) electrons. The zero-order chi connectivity index (χ0) is 8.55. The topological polar surface area (TPSA) is 33.4 Å². The predicted octanol–water partition coefficient (Wildman–Crippen LogP) is 2.70. The summed E-state index contributed by atoms with van der Waals surface area (Å²) in [6.07, 6.45) is 0.884. The van der Waals surface area contributed by atoms with Crippen LogP contribution in [0, 0.1) is 0 Å². The highest BCUT2D eigenvalue weighted by atomic mass is 16.3. The van der Waals surface area contributed by atoms with Gasteiger partial charge in [-0.25, -0.2) is 0 Å². The third-order valence-corrected chi connectivity index (χ3v) is 1.90. The van der Waals surface area contributed by atoms with Gasteiger partial charge in [0.15, 0.2) is 0 Å². The van der Waals surface area contributed by atoms with E-state index in [-0.39, 0.29) is 5.75 Å². The molecule has 0 amide bonds. The SMILES string of the molecule is CCc1cc2cc(O)ccc2o1. The van der Waals surface area contributed by atoms with Crippen molar-refractivity contribution in [3.63, 3.8) is 0 Å². The van der Waals surface area contributed by atoms with Gasteiger partial charge in [-0.05, 0) is 24.3 Å². The minimum Gasteiger partial charge on any atom is -0.508 e. The Bertz CT molecular complexity index is 401. The van der Waals surface area contributed by atoms with Gasteiger partial charge in [0.2, 0.25) is 0 Å². The maximum absolute atomic E-state index is 9.17. The minimum atomic E-state index is 0.283. The van der Waals surface area contributed by atoms with Crippen LogP contribution in [-0.2, 0) is 6.42 Å². The molecule has 2 heteroatoms. The number of aromatic hydroxyl groups is 1. The van der Waals surface area contributed by atoms with Crippen molar-refractivity contribution >= 4 is 11.0 Å². The number of furan rings is 1. The van der Waals surface area contributed by atoms with Gasteiger partial charge in [0.05, 0.1) is 0 Å². The van der Waals surface area contributed by atoms with Crippen molar-refractivity contribution in [2.45, 2.75) is 13.3 Å². The second kappa shape index (κ2) is 2.55. The molecule has 0 aliphatic rings. The van der Waals surface area contributed by atoms with E-state index in [0.717, 1.165) is 23.2 Å². The molecule has 2 aromatic rings. The molecule has 0 fully saturated rings. The normalized spacial score (nSPS) is 10.8. The highest BCUT2D eigenvalue weighted by Crippen LogP contribution is 2.23. The number of hydrogen-bond donors (Lipinski definition) is 1. The first-order valence-electron chi connectivity index (χ1n) is 4.01. The lowest BCUT2D eigenvalue weighted by Crippen LogP contribution is -1.67. The highest BCUT2D eigenvalue weighted by Gasteiger charge is 2.01. The summed E-state index contributed by atoms with van der Waals surface area (Å²) in [6, 6.07) is 7.07. The Balaban J connectivity index is 2.67. The summed E-state index contributed by atoms with van der Waals surface area (Å²) in [5.41, 5.74) is 0.838. The van der Waals surface area contributed by atoms with Crippen LogP contribution in [0.15, 0.2) is 28.7 Å². The molecule has 0 atom stereocenters. The van der Waals surface area contributed by atoms with Crippen LogP contribution in [-0.4, -0.2) is 5.11 Å². The smallest absolute Gasteiger partial charge is 0.134 e. The van der Waals surface area contributed by atoms with Crippen molar-refractivity contribution in [1.82, 2.24) is 0 Å². The lowest BCUT2D eigenvalue weighted by Gasteiger charge is -1.88. The average Bonchev–Trinajstić information content (AvgIpc) is 2.46. The van der Waals surface area contributed by atoms with E-state index in [1.54, 1.807) is 18.2 Å². The molecule has 0 saturated heterocycles. The van der Waals surface area contributed by atoms with Crippen molar-refractivity contribution in [3.05, 3.63) is 30.0 Å². The molecule has 1 aromatic carbocycles. The van der Waals surface area contributed by atoms with Crippen molar-refractivity contribution in [2.75, 3.05) is 0 Å². The van der Waals surface area contributed by atoms with E-state index >= 15 is 0 Å². The Hall–Kier alpha value is -1.44. The Morgan fingerprint density at radius 3 is 2.92 bits per heavy atom. The molecule has 0 aliphatic heterocycles. The molecule has 0 spiro atoms. The first-order chi connectivity index (χ1) is 5.79. The molecule has 62 valence electrons. The number of hydrogen-bond acceptors (Lipinski definition) is 2. The maximum Gasteiger partial charge on any atom is 0.134 e. The molecule has 2 nitrogen and oxygen atoms in total. The Labute approximate surface area is 70.4 Å². The third-order valence-electron chi connectivity index (χ3n) is 1.90. The van der Waals surface area contributed by atoms with Gasteiger partial charge in [-0.15, -0.1) is 0 Å². The van der Waals surface area contributed by atoms with E-state index in [4.69, 9.17) is 4.42 Å². The molecule has 0 saturated carbocycles. The van der Waals surface area contributed by atoms with Gasteiger partial charge >= 0.3 is 0 Å². The molecule has 1 heterocycles. The molecular weight excluding hydrogens is 152 g/mol.